The summed E-state index contributed by atoms with van der Waals surface area (Å²) >= 11 is 5.53. The van der Waals surface area contributed by atoms with Gasteiger partial charge in [0.1, 0.15) is 0 Å². The van der Waals surface area contributed by atoms with Gasteiger partial charge in [0.2, 0.25) is 5.91 Å². The number of pyridine rings is 1. The number of carbonyl (C=O) groups is 1. The number of aromatic nitrogens is 1. The Balaban J connectivity index is 3.12. The summed E-state index contributed by atoms with van der Waals surface area (Å²) in [6.07, 6.45) is 3.04. The first-order chi connectivity index (χ1) is 5.25. The summed E-state index contributed by atoms with van der Waals surface area (Å²) in [7, 11) is 0. The minimum absolute atomic E-state index is 0.256. The Hall–Kier alpha value is -1.09. The summed E-state index contributed by atoms with van der Waals surface area (Å²) in [5.41, 5.74) is 6.17. The molecule has 1 amide bonds. The fourth-order valence-corrected chi connectivity index (χ4v) is 0.987. The maximum Gasteiger partial charge on any atom is 0.249 e. The molecular weight excluding hydrogens is 164 g/mol. The third-order valence-electron chi connectivity index (χ3n) is 1.31. The maximum absolute atomic E-state index is 10.7. The number of alkyl halides is 1. The normalized spacial score (nSPS) is 9.55. The molecule has 1 aromatic rings. The van der Waals surface area contributed by atoms with Crippen molar-refractivity contribution in [2.45, 2.75) is 5.88 Å². The van der Waals surface area contributed by atoms with Gasteiger partial charge >= 0.3 is 0 Å². The average molecular weight is 171 g/mol. The number of halogens is 1. The van der Waals surface area contributed by atoms with E-state index >= 15 is 0 Å². The summed E-state index contributed by atoms with van der Waals surface area (Å²) in [5, 5.41) is 0. The summed E-state index contributed by atoms with van der Waals surface area (Å²) < 4.78 is 0. The van der Waals surface area contributed by atoms with E-state index in [1.165, 1.54) is 12.4 Å². The lowest BCUT2D eigenvalue weighted by atomic mass is 10.1. The second kappa shape index (κ2) is 3.34. The van der Waals surface area contributed by atoms with Crippen LogP contribution in [0.4, 0.5) is 0 Å². The van der Waals surface area contributed by atoms with Gasteiger partial charge in [0, 0.05) is 23.8 Å². The quantitative estimate of drug-likeness (QED) is 0.671. The van der Waals surface area contributed by atoms with Crippen LogP contribution in [0.2, 0.25) is 0 Å². The first-order valence-electron chi connectivity index (χ1n) is 3.04. The molecule has 0 atom stereocenters. The van der Waals surface area contributed by atoms with Crippen LogP contribution in [-0.4, -0.2) is 10.9 Å². The highest BCUT2D eigenvalue weighted by Gasteiger charge is 2.05. The molecule has 4 heteroatoms. The molecular formula is C7H7ClN2O. The highest BCUT2D eigenvalue weighted by atomic mass is 35.5. The highest BCUT2D eigenvalue weighted by Crippen LogP contribution is 2.08. The van der Waals surface area contributed by atoms with Crippen LogP contribution in [0.5, 0.6) is 0 Å². The van der Waals surface area contributed by atoms with Crippen LogP contribution in [0.3, 0.4) is 0 Å². The van der Waals surface area contributed by atoms with Gasteiger partial charge in [0.05, 0.1) is 0 Å². The molecule has 2 N–H and O–H groups in total. The Bertz CT molecular complexity index is 275. The lowest BCUT2D eigenvalue weighted by Crippen LogP contribution is -2.13. The second-order valence-electron chi connectivity index (χ2n) is 2.03. The predicted octanol–water partition coefficient (Wildman–Crippen LogP) is 0.919. The van der Waals surface area contributed by atoms with Crippen LogP contribution < -0.4 is 5.73 Å². The number of nitrogens with two attached hydrogens (primary N) is 1. The Morgan fingerprint density at radius 1 is 1.73 bits per heavy atom. The zero-order chi connectivity index (χ0) is 8.27. The Morgan fingerprint density at radius 2 is 2.45 bits per heavy atom. The molecule has 0 fully saturated rings. The van der Waals surface area contributed by atoms with Gasteiger partial charge < -0.3 is 5.73 Å². The van der Waals surface area contributed by atoms with Crippen molar-refractivity contribution in [3.05, 3.63) is 29.6 Å². The Kier molecular flexibility index (Phi) is 2.44. The van der Waals surface area contributed by atoms with Crippen LogP contribution in [-0.2, 0) is 5.88 Å². The lowest BCUT2D eigenvalue weighted by molar-refractivity contribution is 0.0999. The number of rotatable bonds is 2. The third kappa shape index (κ3) is 1.68. The summed E-state index contributed by atoms with van der Waals surface area (Å²) in [6, 6.07) is 1.56. The molecule has 1 aromatic heterocycles. The van der Waals surface area contributed by atoms with Crippen LogP contribution in [0.25, 0.3) is 0 Å². The van der Waals surface area contributed by atoms with Gasteiger partial charge in [-0.05, 0) is 11.6 Å². The van der Waals surface area contributed by atoms with Crippen LogP contribution >= 0.6 is 11.6 Å². The topological polar surface area (TPSA) is 56.0 Å². The first-order valence-corrected chi connectivity index (χ1v) is 3.58. The number of carbonyl (C=O) groups excluding carboxylic acids is 1. The Morgan fingerprint density at radius 3 is 2.91 bits per heavy atom. The number of hydrogen-bond acceptors (Lipinski definition) is 2. The SMILES string of the molecule is NC(=O)c1ccncc1CCl. The van der Waals surface area contributed by atoms with Gasteiger partial charge in [-0.15, -0.1) is 11.6 Å². The van der Waals surface area contributed by atoms with Gasteiger partial charge in [-0.1, -0.05) is 0 Å². The van der Waals surface area contributed by atoms with Crippen molar-refractivity contribution >= 4 is 17.5 Å². The van der Waals surface area contributed by atoms with E-state index in [1.54, 1.807) is 6.07 Å². The van der Waals surface area contributed by atoms with E-state index in [0.717, 1.165) is 0 Å². The summed E-state index contributed by atoms with van der Waals surface area (Å²) in [6.45, 7) is 0. The zero-order valence-corrected chi connectivity index (χ0v) is 6.51. The molecule has 0 aromatic carbocycles. The van der Waals surface area contributed by atoms with Gasteiger partial charge in [-0.2, -0.15) is 0 Å². The molecule has 0 aliphatic heterocycles. The molecule has 1 rings (SSSR count). The predicted molar refractivity (Wildman–Crippen MR) is 42.3 cm³/mol. The van der Waals surface area contributed by atoms with Gasteiger partial charge in [-0.3, -0.25) is 9.78 Å². The van der Waals surface area contributed by atoms with Crippen molar-refractivity contribution in [2.24, 2.45) is 5.73 Å². The van der Waals surface area contributed by atoms with E-state index in [1.807, 2.05) is 0 Å². The van der Waals surface area contributed by atoms with Crippen LogP contribution in [0, 0.1) is 0 Å². The minimum atomic E-state index is -0.469. The molecule has 0 aliphatic rings. The molecule has 3 nitrogen and oxygen atoms in total. The van der Waals surface area contributed by atoms with Gasteiger partial charge in [0.15, 0.2) is 0 Å². The third-order valence-corrected chi connectivity index (χ3v) is 1.60. The maximum atomic E-state index is 10.7. The molecule has 11 heavy (non-hydrogen) atoms. The van der Waals surface area contributed by atoms with E-state index < -0.39 is 5.91 Å². The molecule has 0 spiro atoms. The van der Waals surface area contributed by atoms with Gasteiger partial charge in [0.25, 0.3) is 0 Å². The Labute approximate surface area is 69.2 Å². The molecule has 0 aliphatic carbocycles. The van der Waals surface area contributed by atoms with Crippen molar-refractivity contribution < 1.29 is 4.79 Å². The number of hydrogen-bond donors (Lipinski definition) is 1. The average Bonchev–Trinajstić information content (AvgIpc) is 2.04. The van der Waals surface area contributed by atoms with E-state index in [-0.39, 0.29) is 5.88 Å². The van der Waals surface area contributed by atoms with Crippen LogP contribution in [0.1, 0.15) is 15.9 Å². The van der Waals surface area contributed by atoms with Crippen molar-refractivity contribution in [2.75, 3.05) is 0 Å². The van der Waals surface area contributed by atoms with Crippen molar-refractivity contribution in [1.82, 2.24) is 4.98 Å². The summed E-state index contributed by atoms with van der Waals surface area (Å²) in [4.78, 5) is 14.5. The van der Waals surface area contributed by atoms with Crippen molar-refractivity contribution in [3.8, 4) is 0 Å². The van der Waals surface area contributed by atoms with Crippen molar-refractivity contribution in [1.29, 1.82) is 0 Å². The fraction of sp³-hybridized carbons (Fsp3) is 0.143. The summed E-state index contributed by atoms with van der Waals surface area (Å²) in [5.74, 6) is -0.213. The monoisotopic (exact) mass is 170 g/mol. The number of primary amides is 1. The molecule has 0 unspecified atom stereocenters. The minimum Gasteiger partial charge on any atom is -0.366 e. The molecule has 0 saturated heterocycles. The van der Waals surface area contributed by atoms with Gasteiger partial charge in [-0.25, -0.2) is 0 Å². The standard InChI is InChI=1S/C7H7ClN2O/c8-3-5-4-10-2-1-6(5)7(9)11/h1-2,4H,3H2,(H2,9,11). The number of nitrogens with zero attached hydrogens (tertiary/aromatic N) is 1. The molecule has 0 saturated carbocycles. The van der Waals surface area contributed by atoms with Crippen molar-refractivity contribution in [3.63, 3.8) is 0 Å². The second-order valence-corrected chi connectivity index (χ2v) is 2.30. The first kappa shape index (κ1) is 8.01. The fourth-order valence-electron chi connectivity index (χ4n) is 0.774. The van der Waals surface area contributed by atoms with Crippen LogP contribution in [0.15, 0.2) is 18.5 Å². The van der Waals surface area contributed by atoms with E-state index in [0.29, 0.717) is 11.1 Å². The largest absolute Gasteiger partial charge is 0.366 e. The van der Waals surface area contributed by atoms with E-state index in [9.17, 15) is 4.79 Å². The van der Waals surface area contributed by atoms with E-state index in [2.05, 4.69) is 4.98 Å². The zero-order valence-electron chi connectivity index (χ0n) is 5.75. The lowest BCUT2D eigenvalue weighted by Gasteiger charge is -1.99. The molecule has 1 heterocycles. The smallest absolute Gasteiger partial charge is 0.249 e. The highest BCUT2D eigenvalue weighted by molar-refractivity contribution is 6.17. The number of amides is 1. The molecule has 0 bridgehead atoms. The molecule has 58 valence electrons. The molecule has 0 radical (unpaired) electrons. The van der Waals surface area contributed by atoms with E-state index in [4.69, 9.17) is 17.3 Å².